The minimum absolute atomic E-state index is 0.158. The number of benzene rings is 2. The van der Waals surface area contributed by atoms with Crippen molar-refractivity contribution in [2.75, 3.05) is 0 Å². The van der Waals surface area contributed by atoms with Crippen LogP contribution < -0.4 is 0 Å². The Balaban J connectivity index is 1.65. The van der Waals surface area contributed by atoms with Gasteiger partial charge in [-0.05, 0) is 10.8 Å². The monoisotopic (exact) mass is 302 g/mol. The zero-order valence-corrected chi connectivity index (χ0v) is 12.3. The molecule has 2 N–H and O–H groups in total. The molecule has 0 aliphatic heterocycles. The van der Waals surface area contributed by atoms with E-state index in [4.69, 9.17) is 0 Å². The third-order valence-corrected chi connectivity index (χ3v) is 4.08. The molecule has 2 heterocycles. The molecule has 2 aromatic heterocycles. The molecule has 0 atom stereocenters. The quantitative estimate of drug-likeness (QED) is 0.440. The van der Waals surface area contributed by atoms with E-state index in [-0.39, 0.29) is 18.0 Å². The maximum Gasteiger partial charge on any atom is 0.187 e. The second kappa shape index (κ2) is 5.25. The summed E-state index contributed by atoms with van der Waals surface area (Å²) in [7, 11) is 0. The van der Waals surface area contributed by atoms with Crippen LogP contribution in [0.15, 0.2) is 60.9 Å². The summed E-state index contributed by atoms with van der Waals surface area (Å²) < 4.78 is 0. The van der Waals surface area contributed by atoms with Crippen LogP contribution in [0, 0.1) is 0 Å². The van der Waals surface area contributed by atoms with E-state index in [0.29, 0.717) is 11.4 Å². The van der Waals surface area contributed by atoms with E-state index in [2.05, 4.69) is 9.97 Å². The van der Waals surface area contributed by atoms with Crippen LogP contribution in [0.4, 0.5) is 0 Å². The number of aromatic amines is 2. The highest BCUT2D eigenvalue weighted by molar-refractivity contribution is 6.19. The summed E-state index contributed by atoms with van der Waals surface area (Å²) in [6, 6.07) is 15.2. The smallest absolute Gasteiger partial charge is 0.187 e. The van der Waals surface area contributed by atoms with Crippen molar-refractivity contribution in [1.82, 2.24) is 9.97 Å². The number of Topliss-reactive ketones (excluding diaryl/α,β-unsaturated/α-hetero) is 2. The fourth-order valence-corrected chi connectivity index (χ4v) is 2.94. The average Bonchev–Trinajstić information content (AvgIpc) is 3.19. The Hall–Kier alpha value is -3.14. The molecule has 0 fully saturated rings. The molecular formula is C19H14N2O2. The molecule has 0 unspecified atom stereocenters. The van der Waals surface area contributed by atoms with Crippen molar-refractivity contribution in [3.63, 3.8) is 0 Å². The predicted octanol–water partition coefficient (Wildman–Crippen LogP) is 4.10. The Bertz CT molecular complexity index is 956. The molecule has 0 amide bonds. The first-order valence-corrected chi connectivity index (χ1v) is 7.42. The van der Waals surface area contributed by atoms with E-state index < -0.39 is 0 Å². The van der Waals surface area contributed by atoms with Gasteiger partial charge in [0.2, 0.25) is 0 Å². The van der Waals surface area contributed by atoms with Gasteiger partial charge >= 0.3 is 0 Å². The van der Waals surface area contributed by atoms with Crippen molar-refractivity contribution >= 4 is 33.1 Å². The van der Waals surface area contributed by atoms with Crippen molar-refractivity contribution in [3.8, 4) is 0 Å². The van der Waals surface area contributed by atoms with Gasteiger partial charge in [0.25, 0.3) is 0 Å². The molecule has 112 valence electrons. The lowest BCUT2D eigenvalue weighted by atomic mass is 10.0. The highest BCUT2D eigenvalue weighted by Gasteiger charge is 2.19. The summed E-state index contributed by atoms with van der Waals surface area (Å²) in [4.78, 5) is 31.0. The van der Waals surface area contributed by atoms with E-state index >= 15 is 0 Å². The molecule has 0 spiro atoms. The van der Waals surface area contributed by atoms with Gasteiger partial charge in [-0.2, -0.15) is 0 Å². The minimum Gasteiger partial charge on any atom is -0.358 e. The lowest BCUT2D eigenvalue weighted by Crippen LogP contribution is -2.09. The van der Waals surface area contributed by atoms with E-state index in [9.17, 15) is 9.59 Å². The van der Waals surface area contributed by atoms with Gasteiger partial charge in [-0.15, -0.1) is 0 Å². The first-order chi connectivity index (χ1) is 11.2. The molecule has 2 aromatic carbocycles. The van der Waals surface area contributed by atoms with Crippen LogP contribution in [0.1, 0.15) is 27.4 Å². The standard InChI is InChI=1S/C19H14N2O2/c22-16(18-14-7-3-1-5-12(14)10-20-18)9-17(23)19-15-8-4-2-6-13(15)11-21-19/h1-8,10-11,20-21H,9H2. The summed E-state index contributed by atoms with van der Waals surface area (Å²) in [5.74, 6) is -0.398. The predicted molar refractivity (Wildman–Crippen MR) is 89.9 cm³/mol. The van der Waals surface area contributed by atoms with E-state index in [1.54, 1.807) is 12.4 Å². The first kappa shape index (κ1) is 13.5. The largest absolute Gasteiger partial charge is 0.358 e. The zero-order valence-electron chi connectivity index (χ0n) is 12.3. The first-order valence-electron chi connectivity index (χ1n) is 7.42. The highest BCUT2D eigenvalue weighted by atomic mass is 16.1. The summed E-state index contributed by atoms with van der Waals surface area (Å²) in [5.41, 5.74) is 0.981. The van der Waals surface area contributed by atoms with Crippen molar-refractivity contribution in [2.24, 2.45) is 0 Å². The van der Waals surface area contributed by atoms with Crippen molar-refractivity contribution in [2.45, 2.75) is 6.42 Å². The molecule has 0 aliphatic rings. The normalized spacial score (nSPS) is 11.1. The van der Waals surface area contributed by atoms with E-state index in [1.165, 1.54) is 0 Å². The average molecular weight is 302 g/mol. The molecule has 0 aliphatic carbocycles. The molecule has 23 heavy (non-hydrogen) atoms. The Kier molecular flexibility index (Phi) is 3.08. The van der Waals surface area contributed by atoms with Gasteiger partial charge < -0.3 is 9.97 Å². The summed E-state index contributed by atoms with van der Waals surface area (Å²) in [5, 5.41) is 3.63. The Labute approximate surface area is 132 Å². The molecule has 4 heteroatoms. The summed E-state index contributed by atoms with van der Waals surface area (Å²) in [6.45, 7) is 0. The summed E-state index contributed by atoms with van der Waals surface area (Å²) >= 11 is 0. The number of H-pyrrole nitrogens is 2. The molecule has 0 saturated heterocycles. The number of hydrogen-bond donors (Lipinski definition) is 2. The van der Waals surface area contributed by atoms with Crippen LogP contribution in [0.2, 0.25) is 0 Å². The Morgan fingerprint density at radius 3 is 1.61 bits per heavy atom. The van der Waals surface area contributed by atoms with Gasteiger partial charge in [-0.3, -0.25) is 9.59 Å². The minimum atomic E-state index is -0.199. The van der Waals surface area contributed by atoms with Gasteiger partial charge in [0.1, 0.15) is 0 Å². The van der Waals surface area contributed by atoms with Gasteiger partial charge in [0.05, 0.1) is 17.8 Å². The second-order valence-corrected chi connectivity index (χ2v) is 5.52. The van der Waals surface area contributed by atoms with Crippen molar-refractivity contribution < 1.29 is 9.59 Å². The molecule has 0 radical (unpaired) electrons. The van der Waals surface area contributed by atoms with E-state index in [0.717, 1.165) is 21.5 Å². The number of fused-ring (bicyclic) bond motifs is 2. The van der Waals surface area contributed by atoms with Crippen molar-refractivity contribution in [3.05, 3.63) is 72.3 Å². The molecule has 4 rings (SSSR count). The zero-order chi connectivity index (χ0) is 15.8. The molecular weight excluding hydrogens is 288 g/mol. The number of ketones is 2. The fourth-order valence-electron chi connectivity index (χ4n) is 2.94. The maximum atomic E-state index is 12.5. The van der Waals surface area contributed by atoms with Crippen LogP contribution in [-0.4, -0.2) is 21.5 Å². The highest BCUT2D eigenvalue weighted by Crippen LogP contribution is 2.22. The lowest BCUT2D eigenvalue weighted by Gasteiger charge is -2.00. The lowest BCUT2D eigenvalue weighted by molar-refractivity contribution is 0.0891. The van der Waals surface area contributed by atoms with Gasteiger partial charge in [0, 0.05) is 23.2 Å². The summed E-state index contributed by atoms with van der Waals surface area (Å²) in [6.07, 6.45) is 3.42. The fraction of sp³-hybridized carbons (Fsp3) is 0.0526. The van der Waals surface area contributed by atoms with Gasteiger partial charge in [-0.1, -0.05) is 48.5 Å². The maximum absolute atomic E-state index is 12.5. The molecule has 0 saturated carbocycles. The number of nitrogens with one attached hydrogen (secondary N) is 2. The van der Waals surface area contributed by atoms with Crippen LogP contribution in [0.3, 0.4) is 0 Å². The van der Waals surface area contributed by atoms with Crippen LogP contribution in [0.5, 0.6) is 0 Å². The van der Waals surface area contributed by atoms with E-state index in [1.807, 2.05) is 48.5 Å². The Morgan fingerprint density at radius 2 is 1.13 bits per heavy atom. The van der Waals surface area contributed by atoms with Gasteiger partial charge in [-0.25, -0.2) is 0 Å². The van der Waals surface area contributed by atoms with Crippen LogP contribution in [-0.2, 0) is 0 Å². The van der Waals surface area contributed by atoms with Gasteiger partial charge in [0.15, 0.2) is 11.6 Å². The SMILES string of the molecule is O=C(CC(=O)c1[nH]cc2ccccc12)c1[nH]cc2ccccc12. The van der Waals surface area contributed by atoms with Crippen LogP contribution in [0.25, 0.3) is 21.5 Å². The number of hydrogen-bond acceptors (Lipinski definition) is 2. The number of carbonyl (C=O) groups excluding carboxylic acids is 2. The number of carbonyl (C=O) groups is 2. The third-order valence-electron chi connectivity index (χ3n) is 4.08. The molecule has 0 bridgehead atoms. The number of aromatic nitrogens is 2. The molecule has 4 aromatic rings. The third kappa shape index (κ3) is 2.25. The van der Waals surface area contributed by atoms with Crippen LogP contribution >= 0.6 is 0 Å². The second-order valence-electron chi connectivity index (χ2n) is 5.52. The topological polar surface area (TPSA) is 65.7 Å². The van der Waals surface area contributed by atoms with Crippen molar-refractivity contribution in [1.29, 1.82) is 0 Å². The number of rotatable bonds is 4. The Morgan fingerprint density at radius 1 is 0.696 bits per heavy atom. The molecule has 4 nitrogen and oxygen atoms in total.